The highest BCUT2D eigenvalue weighted by atomic mass is 19.1. The van der Waals surface area contributed by atoms with Crippen LogP contribution in [-0.4, -0.2) is 44.4 Å². The van der Waals surface area contributed by atoms with E-state index >= 15 is 4.39 Å². The molecule has 0 saturated heterocycles. The van der Waals surface area contributed by atoms with Gasteiger partial charge in [-0.1, -0.05) is 54.6 Å². The number of halogens is 1. The summed E-state index contributed by atoms with van der Waals surface area (Å²) in [5, 5.41) is 11.3. The van der Waals surface area contributed by atoms with Crippen molar-refractivity contribution in [2.45, 2.75) is 51.9 Å². The summed E-state index contributed by atoms with van der Waals surface area (Å²) in [7, 11) is 1.57. The standard InChI is InChI=1S/C29H32FN5O3/c1-5-29(2,3)31-28(37)27(22-10-6-7-11-23(22)30)34(18-20-14-16-21(38-4)17-15-20)26(36)19-35-25-13-9-8-12-24(25)32-33-35/h6-17,27H,5,18-19H2,1-4H3,(H,31,37)/t27-/m0/s1. The van der Waals surface area contributed by atoms with E-state index in [1.807, 2.05) is 51.1 Å². The first-order chi connectivity index (χ1) is 18.2. The van der Waals surface area contributed by atoms with Crippen molar-refractivity contribution in [2.24, 2.45) is 0 Å². The molecule has 0 aliphatic rings. The Morgan fingerprint density at radius 2 is 1.74 bits per heavy atom. The summed E-state index contributed by atoms with van der Waals surface area (Å²) >= 11 is 0. The average molecular weight is 518 g/mol. The number of fused-ring (bicyclic) bond motifs is 1. The van der Waals surface area contributed by atoms with Gasteiger partial charge in [0, 0.05) is 17.6 Å². The lowest BCUT2D eigenvalue weighted by molar-refractivity contribution is -0.143. The molecule has 0 unspecified atom stereocenters. The summed E-state index contributed by atoms with van der Waals surface area (Å²) in [6.07, 6.45) is 0.653. The second kappa shape index (κ2) is 11.4. The topological polar surface area (TPSA) is 89.4 Å². The Kier molecular flexibility index (Phi) is 8.05. The monoisotopic (exact) mass is 517 g/mol. The van der Waals surface area contributed by atoms with Gasteiger partial charge >= 0.3 is 0 Å². The highest BCUT2D eigenvalue weighted by Gasteiger charge is 2.35. The molecule has 1 atom stereocenters. The van der Waals surface area contributed by atoms with Gasteiger partial charge in [0.15, 0.2) is 0 Å². The van der Waals surface area contributed by atoms with Crippen LogP contribution in [0.4, 0.5) is 4.39 Å². The molecule has 0 bridgehead atoms. The third kappa shape index (κ3) is 5.99. The van der Waals surface area contributed by atoms with Crippen LogP contribution in [0.15, 0.2) is 72.8 Å². The average Bonchev–Trinajstić information content (AvgIpc) is 3.32. The first-order valence-corrected chi connectivity index (χ1v) is 12.5. The number of carbonyl (C=O) groups is 2. The van der Waals surface area contributed by atoms with Crippen molar-refractivity contribution in [3.8, 4) is 5.75 Å². The summed E-state index contributed by atoms with van der Waals surface area (Å²) in [5.41, 5.74) is 1.64. The van der Waals surface area contributed by atoms with Crippen molar-refractivity contribution in [3.63, 3.8) is 0 Å². The molecule has 9 heteroatoms. The SMILES string of the molecule is CCC(C)(C)NC(=O)[C@H](c1ccccc1F)N(Cc1ccc(OC)cc1)C(=O)Cn1nnc2ccccc21. The van der Waals surface area contributed by atoms with Gasteiger partial charge < -0.3 is 15.0 Å². The van der Waals surface area contributed by atoms with Crippen LogP contribution in [0.5, 0.6) is 5.75 Å². The summed E-state index contributed by atoms with van der Waals surface area (Å²) in [6, 6.07) is 19.3. The Balaban J connectivity index is 1.78. The van der Waals surface area contributed by atoms with E-state index in [1.54, 1.807) is 37.4 Å². The molecule has 198 valence electrons. The molecule has 4 aromatic rings. The van der Waals surface area contributed by atoms with Crippen LogP contribution in [0.25, 0.3) is 11.0 Å². The molecule has 1 N–H and O–H groups in total. The van der Waals surface area contributed by atoms with Crippen molar-refractivity contribution in [1.82, 2.24) is 25.2 Å². The van der Waals surface area contributed by atoms with Crippen LogP contribution in [0.2, 0.25) is 0 Å². The molecule has 4 rings (SSSR count). The van der Waals surface area contributed by atoms with Crippen molar-refractivity contribution in [1.29, 1.82) is 0 Å². The number of carbonyl (C=O) groups excluding carboxylic acids is 2. The minimum absolute atomic E-state index is 0.0639. The number of hydrogen-bond acceptors (Lipinski definition) is 5. The fourth-order valence-corrected chi connectivity index (χ4v) is 4.14. The maximum Gasteiger partial charge on any atom is 0.247 e. The van der Waals surface area contributed by atoms with E-state index in [-0.39, 0.29) is 18.7 Å². The normalized spacial score (nSPS) is 12.2. The quantitative estimate of drug-likeness (QED) is 0.331. The predicted molar refractivity (Wildman–Crippen MR) is 143 cm³/mol. The first kappa shape index (κ1) is 26.8. The van der Waals surface area contributed by atoms with Gasteiger partial charge in [0.2, 0.25) is 11.8 Å². The van der Waals surface area contributed by atoms with Gasteiger partial charge in [0.05, 0.1) is 12.6 Å². The van der Waals surface area contributed by atoms with Gasteiger partial charge in [-0.15, -0.1) is 5.10 Å². The molecular formula is C29H32FN5O3. The number of hydrogen-bond donors (Lipinski definition) is 1. The van der Waals surface area contributed by atoms with E-state index in [0.717, 1.165) is 5.56 Å². The minimum Gasteiger partial charge on any atom is -0.497 e. The Morgan fingerprint density at radius 3 is 2.42 bits per heavy atom. The summed E-state index contributed by atoms with van der Waals surface area (Å²) in [5.74, 6) is -0.782. The fraction of sp³-hybridized carbons (Fsp3) is 0.310. The van der Waals surface area contributed by atoms with Gasteiger partial charge in [-0.3, -0.25) is 9.59 Å². The molecule has 0 aliphatic heterocycles. The second-order valence-electron chi connectivity index (χ2n) is 9.76. The van der Waals surface area contributed by atoms with E-state index in [0.29, 0.717) is 23.2 Å². The van der Waals surface area contributed by atoms with Gasteiger partial charge in [0.1, 0.15) is 29.7 Å². The summed E-state index contributed by atoms with van der Waals surface area (Å²) in [4.78, 5) is 29.2. The van der Waals surface area contributed by atoms with Crippen LogP contribution >= 0.6 is 0 Å². The van der Waals surface area contributed by atoms with Crippen LogP contribution in [0, 0.1) is 5.82 Å². The van der Waals surface area contributed by atoms with Gasteiger partial charge in [0.25, 0.3) is 0 Å². The number of methoxy groups -OCH3 is 1. The predicted octanol–water partition coefficient (Wildman–Crippen LogP) is 4.65. The largest absolute Gasteiger partial charge is 0.497 e. The van der Waals surface area contributed by atoms with E-state index in [2.05, 4.69) is 15.6 Å². The zero-order chi connectivity index (χ0) is 27.3. The lowest BCUT2D eigenvalue weighted by Gasteiger charge is -2.35. The van der Waals surface area contributed by atoms with Gasteiger partial charge in [-0.05, 0) is 56.2 Å². The third-order valence-corrected chi connectivity index (χ3v) is 6.64. The lowest BCUT2D eigenvalue weighted by Crippen LogP contribution is -2.50. The van der Waals surface area contributed by atoms with Crippen LogP contribution in [-0.2, 0) is 22.7 Å². The molecule has 0 spiro atoms. The molecule has 0 radical (unpaired) electrons. The van der Waals surface area contributed by atoms with Crippen molar-refractivity contribution in [2.75, 3.05) is 7.11 Å². The molecule has 3 aromatic carbocycles. The fourth-order valence-electron chi connectivity index (χ4n) is 4.14. The van der Waals surface area contributed by atoms with E-state index in [4.69, 9.17) is 4.74 Å². The lowest BCUT2D eigenvalue weighted by atomic mass is 9.98. The number of para-hydroxylation sites is 1. The molecule has 38 heavy (non-hydrogen) atoms. The Morgan fingerprint density at radius 1 is 1.05 bits per heavy atom. The highest BCUT2D eigenvalue weighted by molar-refractivity contribution is 5.89. The number of nitrogens with one attached hydrogen (secondary N) is 1. The number of benzene rings is 3. The molecule has 0 fully saturated rings. The first-order valence-electron chi connectivity index (χ1n) is 12.5. The third-order valence-electron chi connectivity index (χ3n) is 6.64. The molecular weight excluding hydrogens is 485 g/mol. The van der Waals surface area contributed by atoms with E-state index in [1.165, 1.54) is 21.7 Å². The number of amides is 2. The van der Waals surface area contributed by atoms with Gasteiger partial charge in [-0.25, -0.2) is 9.07 Å². The zero-order valence-electron chi connectivity index (χ0n) is 22.0. The minimum atomic E-state index is -1.22. The molecule has 0 aliphatic carbocycles. The van der Waals surface area contributed by atoms with Gasteiger partial charge in [-0.2, -0.15) is 0 Å². The summed E-state index contributed by atoms with van der Waals surface area (Å²) < 4.78 is 21.9. The van der Waals surface area contributed by atoms with Crippen LogP contribution in [0.3, 0.4) is 0 Å². The molecule has 2 amide bonds. The summed E-state index contributed by atoms with van der Waals surface area (Å²) in [6.45, 7) is 5.62. The smallest absolute Gasteiger partial charge is 0.247 e. The second-order valence-corrected chi connectivity index (χ2v) is 9.76. The van der Waals surface area contributed by atoms with Crippen molar-refractivity contribution >= 4 is 22.8 Å². The Hall–Kier alpha value is -4.27. The molecule has 0 saturated carbocycles. The van der Waals surface area contributed by atoms with Crippen molar-refractivity contribution in [3.05, 3.63) is 89.7 Å². The highest BCUT2D eigenvalue weighted by Crippen LogP contribution is 2.28. The van der Waals surface area contributed by atoms with E-state index < -0.39 is 29.2 Å². The number of rotatable bonds is 10. The maximum atomic E-state index is 15.2. The van der Waals surface area contributed by atoms with Crippen LogP contribution in [0.1, 0.15) is 44.4 Å². The zero-order valence-corrected chi connectivity index (χ0v) is 22.0. The molecule has 1 aromatic heterocycles. The van der Waals surface area contributed by atoms with Crippen LogP contribution < -0.4 is 10.1 Å². The number of ether oxygens (including phenoxy) is 1. The number of aromatic nitrogens is 3. The Labute approximate surface area is 221 Å². The Bertz CT molecular complexity index is 1420. The molecule has 1 heterocycles. The molecule has 8 nitrogen and oxygen atoms in total. The number of nitrogens with zero attached hydrogens (tertiary/aromatic N) is 4. The maximum absolute atomic E-state index is 15.2. The van der Waals surface area contributed by atoms with E-state index in [9.17, 15) is 9.59 Å². The van der Waals surface area contributed by atoms with Crippen molar-refractivity contribution < 1.29 is 18.7 Å².